The van der Waals surface area contributed by atoms with E-state index in [9.17, 15) is 4.39 Å². The topological polar surface area (TPSA) is 69.6 Å². The maximum atomic E-state index is 13.9. The molecular weight excluding hydrogens is 317 g/mol. The fourth-order valence-electron chi connectivity index (χ4n) is 2.08. The molecule has 120 valence electrons. The minimum Gasteiger partial charge on any atom is -0.338 e. The van der Waals surface area contributed by atoms with E-state index in [4.69, 9.17) is 4.52 Å². The van der Waals surface area contributed by atoms with Crippen LogP contribution in [0, 0.1) is 5.82 Å². The number of nitrogens with zero attached hydrogens (tertiary/aromatic N) is 5. The zero-order chi connectivity index (χ0) is 16.4. The van der Waals surface area contributed by atoms with Gasteiger partial charge in [-0.1, -0.05) is 36.0 Å². The fraction of sp³-hybridized carbons (Fsp3) is 0.333. The monoisotopic (exact) mass is 333 g/mol. The van der Waals surface area contributed by atoms with Crippen molar-refractivity contribution in [3.8, 4) is 11.4 Å². The number of thioether (sulfide) groups is 1. The highest BCUT2D eigenvalue weighted by molar-refractivity contribution is 7.99. The van der Waals surface area contributed by atoms with E-state index < -0.39 is 0 Å². The smallest absolute Gasteiger partial charge is 0.239 e. The number of aryl methyl sites for hydroxylation is 1. The van der Waals surface area contributed by atoms with Crippen LogP contribution in [-0.2, 0) is 13.5 Å². The Morgan fingerprint density at radius 3 is 2.78 bits per heavy atom. The van der Waals surface area contributed by atoms with Crippen LogP contribution in [-0.4, -0.2) is 24.9 Å². The van der Waals surface area contributed by atoms with Gasteiger partial charge in [0.05, 0.1) is 10.8 Å². The van der Waals surface area contributed by atoms with Crippen molar-refractivity contribution in [2.45, 2.75) is 30.7 Å². The molecule has 0 saturated carbocycles. The highest BCUT2D eigenvalue weighted by Crippen LogP contribution is 2.34. The van der Waals surface area contributed by atoms with E-state index >= 15 is 0 Å². The summed E-state index contributed by atoms with van der Waals surface area (Å²) in [5.74, 6) is 1.38. The Hall–Kier alpha value is -2.22. The third-order valence-corrected chi connectivity index (χ3v) is 4.50. The third-order valence-electron chi connectivity index (χ3n) is 3.38. The predicted octanol–water partition coefficient (Wildman–Crippen LogP) is 3.42. The summed E-state index contributed by atoms with van der Waals surface area (Å²) < 4.78 is 20.9. The molecule has 1 aromatic carbocycles. The summed E-state index contributed by atoms with van der Waals surface area (Å²) in [6, 6.07) is 6.51. The molecule has 0 aliphatic heterocycles. The molecule has 0 N–H and O–H groups in total. The van der Waals surface area contributed by atoms with Gasteiger partial charge in [-0.3, -0.25) is 0 Å². The third kappa shape index (κ3) is 3.12. The zero-order valence-corrected chi connectivity index (χ0v) is 13.8. The maximum absolute atomic E-state index is 13.9. The van der Waals surface area contributed by atoms with Gasteiger partial charge in [-0.05, 0) is 19.1 Å². The Morgan fingerprint density at radius 2 is 2.09 bits per heavy atom. The molecule has 0 aliphatic carbocycles. The average molecular weight is 333 g/mol. The molecule has 2 heterocycles. The minimum atomic E-state index is -0.322. The quantitative estimate of drug-likeness (QED) is 0.666. The van der Waals surface area contributed by atoms with Crippen molar-refractivity contribution in [2.24, 2.45) is 7.05 Å². The molecule has 3 rings (SSSR count). The first-order valence-electron chi connectivity index (χ1n) is 7.23. The van der Waals surface area contributed by atoms with Crippen LogP contribution in [0.1, 0.15) is 30.8 Å². The fourth-order valence-corrected chi connectivity index (χ4v) is 2.92. The lowest BCUT2D eigenvalue weighted by Gasteiger charge is -2.07. The summed E-state index contributed by atoms with van der Waals surface area (Å²) in [7, 11) is 1.81. The first kappa shape index (κ1) is 15.7. The molecule has 0 amide bonds. The molecule has 1 unspecified atom stereocenters. The SMILES string of the molecule is CCc1noc(C(C)Sc2nnc(-c3ccccc3F)n2C)n1. The van der Waals surface area contributed by atoms with E-state index in [0.717, 1.165) is 6.42 Å². The van der Waals surface area contributed by atoms with Crippen LogP contribution in [0.3, 0.4) is 0 Å². The molecule has 0 bridgehead atoms. The normalized spacial score (nSPS) is 12.5. The van der Waals surface area contributed by atoms with Gasteiger partial charge < -0.3 is 9.09 Å². The minimum absolute atomic E-state index is 0.0702. The van der Waals surface area contributed by atoms with Crippen molar-refractivity contribution in [1.29, 1.82) is 0 Å². The van der Waals surface area contributed by atoms with E-state index in [1.807, 2.05) is 20.9 Å². The molecule has 8 heteroatoms. The van der Waals surface area contributed by atoms with E-state index in [1.54, 1.807) is 22.8 Å². The van der Waals surface area contributed by atoms with Crippen LogP contribution in [0.2, 0.25) is 0 Å². The van der Waals surface area contributed by atoms with Crippen LogP contribution < -0.4 is 0 Å². The number of halogens is 1. The second kappa shape index (κ2) is 6.49. The Labute approximate surface area is 137 Å². The van der Waals surface area contributed by atoms with Crippen LogP contribution in [0.15, 0.2) is 33.9 Å². The molecule has 3 aromatic rings. The van der Waals surface area contributed by atoms with E-state index in [1.165, 1.54) is 17.8 Å². The Kier molecular flexibility index (Phi) is 4.42. The Morgan fingerprint density at radius 1 is 1.30 bits per heavy atom. The first-order chi connectivity index (χ1) is 11.1. The first-order valence-corrected chi connectivity index (χ1v) is 8.11. The standard InChI is InChI=1S/C15H16FN5OS/c1-4-12-17-14(22-20-12)9(2)23-15-19-18-13(21(15)3)10-7-5-6-8-11(10)16/h5-9H,4H2,1-3H3. The molecule has 0 saturated heterocycles. The summed E-state index contributed by atoms with van der Waals surface area (Å²) in [6.07, 6.45) is 0.724. The van der Waals surface area contributed by atoms with Crippen molar-refractivity contribution in [1.82, 2.24) is 24.9 Å². The lowest BCUT2D eigenvalue weighted by atomic mass is 10.2. The van der Waals surface area contributed by atoms with Crippen molar-refractivity contribution in [3.63, 3.8) is 0 Å². The van der Waals surface area contributed by atoms with Crippen molar-refractivity contribution in [2.75, 3.05) is 0 Å². The van der Waals surface area contributed by atoms with Gasteiger partial charge in [-0.15, -0.1) is 10.2 Å². The van der Waals surface area contributed by atoms with Crippen LogP contribution >= 0.6 is 11.8 Å². The molecule has 0 aliphatic rings. The van der Waals surface area contributed by atoms with Gasteiger partial charge in [-0.2, -0.15) is 4.98 Å². The largest absolute Gasteiger partial charge is 0.338 e. The van der Waals surface area contributed by atoms with Gasteiger partial charge in [0, 0.05) is 13.5 Å². The van der Waals surface area contributed by atoms with Gasteiger partial charge in [0.1, 0.15) is 5.82 Å². The van der Waals surface area contributed by atoms with Gasteiger partial charge in [0.15, 0.2) is 16.8 Å². The molecule has 23 heavy (non-hydrogen) atoms. The molecule has 0 radical (unpaired) electrons. The van der Waals surface area contributed by atoms with Crippen molar-refractivity contribution >= 4 is 11.8 Å². The highest BCUT2D eigenvalue weighted by atomic mass is 32.2. The summed E-state index contributed by atoms with van der Waals surface area (Å²) in [6.45, 7) is 3.92. The van der Waals surface area contributed by atoms with Crippen LogP contribution in [0.25, 0.3) is 11.4 Å². The highest BCUT2D eigenvalue weighted by Gasteiger charge is 2.20. The molecule has 0 spiro atoms. The van der Waals surface area contributed by atoms with Gasteiger partial charge in [-0.25, -0.2) is 4.39 Å². The summed E-state index contributed by atoms with van der Waals surface area (Å²) in [5, 5.41) is 12.7. The summed E-state index contributed by atoms with van der Waals surface area (Å²) in [5.41, 5.74) is 0.424. The predicted molar refractivity (Wildman–Crippen MR) is 84.3 cm³/mol. The van der Waals surface area contributed by atoms with E-state index in [-0.39, 0.29) is 11.1 Å². The number of rotatable bonds is 5. The lowest BCUT2D eigenvalue weighted by Crippen LogP contribution is -1.98. The van der Waals surface area contributed by atoms with Gasteiger partial charge >= 0.3 is 0 Å². The maximum Gasteiger partial charge on any atom is 0.239 e. The van der Waals surface area contributed by atoms with Crippen LogP contribution in [0.4, 0.5) is 4.39 Å². The zero-order valence-electron chi connectivity index (χ0n) is 13.0. The summed E-state index contributed by atoms with van der Waals surface area (Å²) in [4.78, 5) is 4.32. The molecule has 0 fully saturated rings. The van der Waals surface area contributed by atoms with Crippen molar-refractivity contribution < 1.29 is 8.91 Å². The molecule has 1 atom stereocenters. The Bertz CT molecular complexity index is 816. The average Bonchev–Trinajstić information content (AvgIpc) is 3.16. The van der Waals surface area contributed by atoms with Gasteiger partial charge in [0.25, 0.3) is 0 Å². The number of benzene rings is 1. The van der Waals surface area contributed by atoms with Crippen LogP contribution in [0.5, 0.6) is 0 Å². The second-order valence-corrected chi connectivity index (χ2v) is 6.32. The molecule has 2 aromatic heterocycles. The van der Waals surface area contributed by atoms with E-state index in [2.05, 4.69) is 20.3 Å². The lowest BCUT2D eigenvalue weighted by molar-refractivity contribution is 0.375. The number of hydrogen-bond donors (Lipinski definition) is 0. The number of hydrogen-bond acceptors (Lipinski definition) is 6. The van der Waals surface area contributed by atoms with Crippen molar-refractivity contribution in [3.05, 3.63) is 41.8 Å². The van der Waals surface area contributed by atoms with Gasteiger partial charge in [0.2, 0.25) is 5.89 Å². The van der Waals surface area contributed by atoms with E-state index in [0.29, 0.717) is 28.3 Å². The molecular formula is C15H16FN5OS. The molecule has 6 nitrogen and oxygen atoms in total. The number of aromatic nitrogens is 5. The Balaban J connectivity index is 1.83. The second-order valence-electron chi connectivity index (χ2n) is 5.01. The summed E-state index contributed by atoms with van der Waals surface area (Å²) >= 11 is 1.44.